The van der Waals surface area contributed by atoms with Gasteiger partial charge in [0.1, 0.15) is 0 Å². The number of esters is 1. The highest BCUT2D eigenvalue weighted by molar-refractivity contribution is 9.10. The van der Waals surface area contributed by atoms with E-state index in [0.29, 0.717) is 5.56 Å². The first-order chi connectivity index (χ1) is 9.70. The third-order valence-corrected chi connectivity index (χ3v) is 3.87. The van der Waals surface area contributed by atoms with Gasteiger partial charge in [-0.15, -0.1) is 0 Å². The van der Waals surface area contributed by atoms with Crippen LogP contribution in [-0.2, 0) is 4.74 Å². The predicted molar refractivity (Wildman–Crippen MR) is 82.3 cm³/mol. The Balaban J connectivity index is 2.25. The van der Waals surface area contributed by atoms with Crippen molar-refractivity contribution in [3.63, 3.8) is 0 Å². The number of fused-ring (bicyclic) bond motifs is 1. The fraction of sp³-hybridized carbons (Fsp3) is 0.0625. The molecule has 0 aliphatic heterocycles. The normalized spacial score (nSPS) is 10.7. The first kappa shape index (κ1) is 12.9. The van der Waals surface area contributed by atoms with Crippen molar-refractivity contribution in [1.29, 1.82) is 0 Å². The molecule has 3 nitrogen and oxygen atoms in total. The van der Waals surface area contributed by atoms with Gasteiger partial charge in [0.15, 0.2) is 0 Å². The Hall–Kier alpha value is -2.07. The maximum atomic E-state index is 11.7. The third kappa shape index (κ3) is 2.12. The lowest BCUT2D eigenvalue weighted by molar-refractivity contribution is 0.0601. The number of carbonyl (C=O) groups is 1. The lowest BCUT2D eigenvalue weighted by Gasteiger charge is -2.07. The molecule has 0 spiro atoms. The molecular weight excluding hydrogens is 318 g/mol. The van der Waals surface area contributed by atoms with E-state index in [0.717, 1.165) is 21.1 Å². The van der Waals surface area contributed by atoms with Gasteiger partial charge in [-0.3, -0.25) is 0 Å². The molecule has 0 atom stereocenters. The summed E-state index contributed by atoms with van der Waals surface area (Å²) in [5.74, 6) is -0.339. The number of benzene rings is 2. The molecule has 0 radical (unpaired) electrons. The average Bonchev–Trinajstić information content (AvgIpc) is 2.91. The van der Waals surface area contributed by atoms with Crippen molar-refractivity contribution in [3.05, 3.63) is 64.8 Å². The van der Waals surface area contributed by atoms with Crippen molar-refractivity contribution < 1.29 is 9.53 Å². The SMILES string of the molecule is COC(=O)c1cc(Br)c2ccn(-c3ccccc3)c2c1. The standard InChI is InChI=1S/C16H12BrNO2/c1-20-16(19)11-9-14(17)13-7-8-18(15(13)10-11)12-5-3-2-4-6-12/h2-10H,1H3. The molecule has 3 rings (SSSR count). The quantitative estimate of drug-likeness (QED) is 0.660. The van der Waals surface area contributed by atoms with Crippen LogP contribution in [0.25, 0.3) is 16.6 Å². The van der Waals surface area contributed by atoms with Crippen LogP contribution in [-0.4, -0.2) is 17.6 Å². The minimum Gasteiger partial charge on any atom is -0.465 e. The van der Waals surface area contributed by atoms with Gasteiger partial charge in [0.05, 0.1) is 18.2 Å². The van der Waals surface area contributed by atoms with Crippen LogP contribution in [0.1, 0.15) is 10.4 Å². The summed E-state index contributed by atoms with van der Waals surface area (Å²) in [5.41, 5.74) is 2.55. The fourth-order valence-electron chi connectivity index (χ4n) is 2.25. The number of hydrogen-bond acceptors (Lipinski definition) is 2. The summed E-state index contributed by atoms with van der Waals surface area (Å²) in [6.07, 6.45) is 1.99. The van der Waals surface area contributed by atoms with Gasteiger partial charge in [-0.1, -0.05) is 34.1 Å². The Morgan fingerprint density at radius 1 is 1.15 bits per heavy atom. The zero-order valence-corrected chi connectivity index (χ0v) is 12.4. The van der Waals surface area contributed by atoms with Gasteiger partial charge in [-0.25, -0.2) is 4.79 Å². The van der Waals surface area contributed by atoms with Crippen molar-refractivity contribution in [2.24, 2.45) is 0 Å². The Labute approximate surface area is 124 Å². The molecule has 20 heavy (non-hydrogen) atoms. The first-order valence-electron chi connectivity index (χ1n) is 6.15. The molecule has 2 aromatic carbocycles. The first-order valence-corrected chi connectivity index (χ1v) is 6.94. The number of nitrogens with zero attached hydrogens (tertiary/aromatic N) is 1. The van der Waals surface area contributed by atoms with Crippen LogP contribution in [0, 0.1) is 0 Å². The number of carbonyl (C=O) groups excluding carboxylic acids is 1. The van der Waals surface area contributed by atoms with Gasteiger partial charge < -0.3 is 9.30 Å². The largest absolute Gasteiger partial charge is 0.465 e. The highest BCUT2D eigenvalue weighted by Gasteiger charge is 2.12. The number of para-hydroxylation sites is 1. The molecule has 0 saturated carbocycles. The van der Waals surface area contributed by atoms with Gasteiger partial charge in [-0.2, -0.15) is 0 Å². The third-order valence-electron chi connectivity index (χ3n) is 3.21. The van der Waals surface area contributed by atoms with E-state index < -0.39 is 0 Å². The Morgan fingerprint density at radius 2 is 1.90 bits per heavy atom. The second-order valence-electron chi connectivity index (χ2n) is 4.40. The molecule has 1 aromatic heterocycles. The fourth-order valence-corrected chi connectivity index (χ4v) is 2.83. The zero-order chi connectivity index (χ0) is 14.1. The lowest BCUT2D eigenvalue weighted by atomic mass is 10.1. The molecule has 1 heterocycles. The van der Waals surface area contributed by atoms with Crippen molar-refractivity contribution in [3.8, 4) is 5.69 Å². The molecular formula is C16H12BrNO2. The van der Waals surface area contributed by atoms with Gasteiger partial charge in [-0.05, 0) is 30.3 Å². The van der Waals surface area contributed by atoms with E-state index >= 15 is 0 Å². The van der Waals surface area contributed by atoms with Gasteiger partial charge >= 0.3 is 5.97 Å². The maximum absolute atomic E-state index is 11.7. The van der Waals surface area contributed by atoms with E-state index in [2.05, 4.69) is 15.9 Å². The monoisotopic (exact) mass is 329 g/mol. The van der Waals surface area contributed by atoms with E-state index in [1.54, 1.807) is 6.07 Å². The summed E-state index contributed by atoms with van der Waals surface area (Å²) < 4.78 is 7.72. The minimum absolute atomic E-state index is 0.339. The number of aromatic nitrogens is 1. The predicted octanol–water partition coefficient (Wildman–Crippen LogP) is 4.18. The topological polar surface area (TPSA) is 31.2 Å². The van der Waals surface area contributed by atoms with E-state index in [4.69, 9.17) is 4.74 Å². The van der Waals surface area contributed by atoms with Gasteiger partial charge in [0, 0.05) is 21.7 Å². The lowest BCUT2D eigenvalue weighted by Crippen LogP contribution is -2.02. The van der Waals surface area contributed by atoms with Crippen LogP contribution in [0.15, 0.2) is 59.2 Å². The molecule has 0 amide bonds. The van der Waals surface area contributed by atoms with Crippen LogP contribution in [0.5, 0.6) is 0 Å². The highest BCUT2D eigenvalue weighted by atomic mass is 79.9. The summed E-state index contributed by atoms with van der Waals surface area (Å²) in [4.78, 5) is 11.7. The molecule has 100 valence electrons. The molecule has 4 heteroatoms. The Morgan fingerprint density at radius 3 is 2.60 bits per heavy atom. The summed E-state index contributed by atoms with van der Waals surface area (Å²) in [6.45, 7) is 0. The molecule has 3 aromatic rings. The number of hydrogen-bond donors (Lipinski definition) is 0. The Kier molecular flexibility index (Phi) is 3.32. The second-order valence-corrected chi connectivity index (χ2v) is 5.26. The van der Waals surface area contributed by atoms with Crippen molar-refractivity contribution in [1.82, 2.24) is 4.57 Å². The van der Waals surface area contributed by atoms with Crippen LogP contribution < -0.4 is 0 Å². The summed E-state index contributed by atoms with van der Waals surface area (Å²) in [7, 11) is 1.39. The Bertz CT molecular complexity index is 778. The number of methoxy groups -OCH3 is 1. The van der Waals surface area contributed by atoms with Crippen molar-refractivity contribution >= 4 is 32.8 Å². The van der Waals surface area contributed by atoms with Crippen LogP contribution >= 0.6 is 15.9 Å². The summed E-state index contributed by atoms with van der Waals surface area (Å²) in [6, 6.07) is 15.7. The highest BCUT2D eigenvalue weighted by Crippen LogP contribution is 2.29. The maximum Gasteiger partial charge on any atom is 0.337 e. The molecule has 0 unspecified atom stereocenters. The van der Waals surface area contributed by atoms with E-state index in [1.165, 1.54) is 7.11 Å². The minimum atomic E-state index is -0.339. The molecule has 0 aliphatic rings. The molecule has 0 saturated heterocycles. The molecule has 0 aliphatic carbocycles. The molecule has 0 fully saturated rings. The molecule has 0 N–H and O–H groups in total. The summed E-state index contributed by atoms with van der Waals surface area (Å²) in [5, 5.41) is 1.06. The van der Waals surface area contributed by atoms with E-state index in [1.807, 2.05) is 53.2 Å². The summed E-state index contributed by atoms with van der Waals surface area (Å²) >= 11 is 3.51. The number of halogens is 1. The van der Waals surface area contributed by atoms with Crippen LogP contribution in [0.2, 0.25) is 0 Å². The second kappa shape index (κ2) is 5.13. The zero-order valence-electron chi connectivity index (χ0n) is 10.8. The van der Waals surface area contributed by atoms with Crippen molar-refractivity contribution in [2.45, 2.75) is 0 Å². The van der Waals surface area contributed by atoms with Gasteiger partial charge in [0.2, 0.25) is 0 Å². The van der Waals surface area contributed by atoms with E-state index in [-0.39, 0.29) is 5.97 Å². The van der Waals surface area contributed by atoms with Crippen LogP contribution in [0.3, 0.4) is 0 Å². The van der Waals surface area contributed by atoms with Crippen LogP contribution in [0.4, 0.5) is 0 Å². The number of rotatable bonds is 2. The smallest absolute Gasteiger partial charge is 0.337 e. The van der Waals surface area contributed by atoms with Crippen molar-refractivity contribution in [2.75, 3.05) is 7.11 Å². The average molecular weight is 330 g/mol. The van der Waals surface area contributed by atoms with Gasteiger partial charge in [0.25, 0.3) is 0 Å². The van der Waals surface area contributed by atoms with E-state index in [9.17, 15) is 4.79 Å². The number of ether oxygens (including phenoxy) is 1. The molecule has 0 bridgehead atoms.